The molecule has 6 nitrogen and oxygen atoms in total. The third kappa shape index (κ3) is 5.21. The smallest absolute Gasteiger partial charge is 0.119 e. The average molecular weight is 345 g/mol. The first-order valence-corrected chi connectivity index (χ1v) is 8.98. The molecule has 3 rings (SSSR count). The van der Waals surface area contributed by atoms with E-state index in [1.165, 1.54) is 0 Å². The van der Waals surface area contributed by atoms with E-state index < -0.39 is 6.10 Å². The Labute approximate surface area is 149 Å². The summed E-state index contributed by atoms with van der Waals surface area (Å²) in [6.45, 7) is 5.53. The number of piperidine rings is 1. The van der Waals surface area contributed by atoms with Gasteiger partial charge in [0.2, 0.25) is 0 Å². The lowest BCUT2D eigenvalue weighted by atomic mass is 10.0. The zero-order valence-electron chi connectivity index (χ0n) is 14.8. The molecule has 2 heterocycles. The van der Waals surface area contributed by atoms with Crippen molar-refractivity contribution >= 4 is 0 Å². The molecule has 6 heteroatoms. The third-order valence-corrected chi connectivity index (χ3v) is 4.55. The van der Waals surface area contributed by atoms with E-state index in [-0.39, 0.29) is 0 Å². The van der Waals surface area contributed by atoms with E-state index in [0.29, 0.717) is 25.8 Å². The second-order valence-corrected chi connectivity index (χ2v) is 6.41. The Morgan fingerprint density at radius 1 is 1.16 bits per heavy atom. The molecule has 0 aliphatic carbocycles. The molecule has 1 aromatic heterocycles. The number of rotatable bonds is 8. The fourth-order valence-corrected chi connectivity index (χ4v) is 3.23. The Bertz CT molecular complexity index is 607. The highest BCUT2D eigenvalue weighted by atomic mass is 16.5. The van der Waals surface area contributed by atoms with Crippen LogP contribution in [-0.4, -0.2) is 58.5 Å². The Morgan fingerprint density at radius 3 is 2.44 bits per heavy atom. The Kier molecular flexibility index (Phi) is 6.30. The number of hydrogen-bond acceptors (Lipinski definition) is 5. The van der Waals surface area contributed by atoms with Gasteiger partial charge in [0.05, 0.1) is 12.9 Å². The molecule has 1 aliphatic rings. The highest BCUT2D eigenvalue weighted by Gasteiger charge is 2.22. The van der Waals surface area contributed by atoms with Crippen LogP contribution in [0.2, 0.25) is 0 Å². The second-order valence-electron chi connectivity index (χ2n) is 6.41. The summed E-state index contributed by atoms with van der Waals surface area (Å²) in [5.74, 6) is 1.58. The van der Waals surface area contributed by atoms with Crippen molar-refractivity contribution in [1.82, 2.24) is 14.5 Å². The van der Waals surface area contributed by atoms with Crippen LogP contribution in [0, 0.1) is 0 Å². The van der Waals surface area contributed by atoms with Crippen LogP contribution in [0.15, 0.2) is 43.0 Å². The van der Waals surface area contributed by atoms with Crippen LogP contribution in [0.1, 0.15) is 25.8 Å². The van der Waals surface area contributed by atoms with Crippen LogP contribution < -0.4 is 9.47 Å². The topological polar surface area (TPSA) is 59.8 Å². The van der Waals surface area contributed by atoms with Crippen LogP contribution >= 0.6 is 0 Å². The van der Waals surface area contributed by atoms with E-state index in [0.717, 1.165) is 37.4 Å². The van der Waals surface area contributed by atoms with Crippen molar-refractivity contribution in [1.29, 1.82) is 0 Å². The minimum atomic E-state index is -0.489. The van der Waals surface area contributed by atoms with E-state index in [1.807, 2.05) is 49.9 Å². The summed E-state index contributed by atoms with van der Waals surface area (Å²) >= 11 is 0. The molecular formula is C19H27N3O3. The number of aliphatic hydroxyl groups is 1. The van der Waals surface area contributed by atoms with Crippen molar-refractivity contribution in [2.45, 2.75) is 31.9 Å². The molecule has 0 amide bonds. The summed E-state index contributed by atoms with van der Waals surface area (Å²) in [5.41, 5.74) is 0. The zero-order valence-corrected chi connectivity index (χ0v) is 14.8. The van der Waals surface area contributed by atoms with Crippen molar-refractivity contribution < 1.29 is 14.6 Å². The van der Waals surface area contributed by atoms with Crippen molar-refractivity contribution in [2.75, 3.05) is 32.8 Å². The summed E-state index contributed by atoms with van der Waals surface area (Å²) in [6, 6.07) is 8.02. The highest BCUT2D eigenvalue weighted by Crippen LogP contribution is 2.22. The molecule has 0 saturated carbocycles. The zero-order chi connectivity index (χ0) is 17.5. The summed E-state index contributed by atoms with van der Waals surface area (Å²) < 4.78 is 13.3. The first-order valence-electron chi connectivity index (χ1n) is 8.98. The van der Waals surface area contributed by atoms with E-state index in [9.17, 15) is 5.11 Å². The lowest BCUT2D eigenvalue weighted by molar-refractivity contribution is 0.0558. The van der Waals surface area contributed by atoms with Gasteiger partial charge in [-0.25, -0.2) is 4.98 Å². The Balaban J connectivity index is 1.37. The molecule has 136 valence electrons. The maximum absolute atomic E-state index is 10.2. The quantitative estimate of drug-likeness (QED) is 0.796. The van der Waals surface area contributed by atoms with Crippen molar-refractivity contribution in [2.24, 2.45) is 0 Å². The molecule has 0 bridgehead atoms. The summed E-state index contributed by atoms with van der Waals surface area (Å²) in [5, 5.41) is 10.2. The number of imidazole rings is 1. The van der Waals surface area contributed by atoms with Crippen molar-refractivity contribution in [3.05, 3.63) is 43.0 Å². The van der Waals surface area contributed by atoms with Gasteiger partial charge in [0.1, 0.15) is 24.2 Å². The molecule has 2 aromatic rings. The van der Waals surface area contributed by atoms with Crippen molar-refractivity contribution in [3.8, 4) is 11.5 Å². The van der Waals surface area contributed by atoms with Gasteiger partial charge in [0, 0.05) is 38.1 Å². The molecule has 1 saturated heterocycles. The molecule has 0 spiro atoms. The van der Waals surface area contributed by atoms with Gasteiger partial charge in [-0.3, -0.25) is 0 Å². The largest absolute Gasteiger partial charge is 0.494 e. The number of aliphatic hydroxyl groups excluding tert-OH is 1. The third-order valence-electron chi connectivity index (χ3n) is 4.55. The van der Waals surface area contributed by atoms with E-state index in [1.54, 1.807) is 0 Å². The van der Waals surface area contributed by atoms with Gasteiger partial charge in [0.15, 0.2) is 0 Å². The van der Waals surface area contributed by atoms with E-state index in [2.05, 4.69) is 14.5 Å². The minimum Gasteiger partial charge on any atom is -0.494 e. The SMILES string of the molecule is CCOc1ccc(OCC(O)CN2CCC(n3ccnc3)CC2)cc1. The van der Waals surface area contributed by atoms with Crippen LogP contribution in [-0.2, 0) is 0 Å². The molecule has 25 heavy (non-hydrogen) atoms. The first kappa shape index (κ1) is 17.8. The van der Waals surface area contributed by atoms with Crippen LogP contribution in [0.3, 0.4) is 0 Å². The monoisotopic (exact) mass is 345 g/mol. The molecule has 1 atom stereocenters. The maximum Gasteiger partial charge on any atom is 0.119 e. The molecule has 1 unspecified atom stereocenters. The number of likely N-dealkylation sites (tertiary alicyclic amines) is 1. The predicted molar refractivity (Wildman–Crippen MR) is 96.1 cm³/mol. The lowest BCUT2D eigenvalue weighted by Crippen LogP contribution is -2.41. The van der Waals surface area contributed by atoms with Gasteiger partial charge >= 0.3 is 0 Å². The number of nitrogens with zero attached hydrogens (tertiary/aromatic N) is 3. The normalized spacial score (nSPS) is 17.4. The molecule has 1 aromatic carbocycles. The van der Waals surface area contributed by atoms with Gasteiger partial charge in [-0.1, -0.05) is 0 Å². The minimum absolute atomic E-state index is 0.301. The van der Waals surface area contributed by atoms with E-state index in [4.69, 9.17) is 9.47 Å². The number of hydrogen-bond donors (Lipinski definition) is 1. The lowest BCUT2D eigenvalue weighted by Gasteiger charge is -2.33. The number of ether oxygens (including phenoxy) is 2. The average Bonchev–Trinajstić information content (AvgIpc) is 3.17. The van der Waals surface area contributed by atoms with Gasteiger partial charge in [0.25, 0.3) is 0 Å². The molecular weight excluding hydrogens is 318 g/mol. The van der Waals surface area contributed by atoms with Crippen LogP contribution in [0.4, 0.5) is 0 Å². The highest BCUT2D eigenvalue weighted by molar-refractivity contribution is 5.31. The predicted octanol–water partition coefficient (Wildman–Crippen LogP) is 2.36. The number of aromatic nitrogens is 2. The summed E-state index contributed by atoms with van der Waals surface area (Å²) in [6.07, 6.45) is 7.43. The van der Waals surface area contributed by atoms with Crippen molar-refractivity contribution in [3.63, 3.8) is 0 Å². The maximum atomic E-state index is 10.2. The standard InChI is InChI=1S/C19H27N3O3/c1-2-24-18-3-5-19(6-4-18)25-14-17(23)13-21-10-7-16(8-11-21)22-12-9-20-15-22/h3-6,9,12,15-17,23H,2,7-8,10-11,13-14H2,1H3. The van der Waals surface area contributed by atoms with Gasteiger partial charge < -0.3 is 24.0 Å². The van der Waals surface area contributed by atoms with Crippen LogP contribution in [0.5, 0.6) is 11.5 Å². The molecule has 1 N–H and O–H groups in total. The van der Waals surface area contributed by atoms with E-state index >= 15 is 0 Å². The summed E-state index contributed by atoms with van der Waals surface area (Å²) in [7, 11) is 0. The van der Waals surface area contributed by atoms with Gasteiger partial charge in [-0.15, -0.1) is 0 Å². The second kappa shape index (κ2) is 8.87. The molecule has 0 radical (unpaired) electrons. The van der Waals surface area contributed by atoms with Crippen LogP contribution in [0.25, 0.3) is 0 Å². The van der Waals surface area contributed by atoms with Gasteiger partial charge in [-0.05, 0) is 44.0 Å². The molecule has 1 aliphatic heterocycles. The molecule has 1 fully saturated rings. The fraction of sp³-hybridized carbons (Fsp3) is 0.526. The fourth-order valence-electron chi connectivity index (χ4n) is 3.23. The van der Waals surface area contributed by atoms with Gasteiger partial charge in [-0.2, -0.15) is 0 Å². The Morgan fingerprint density at radius 2 is 1.84 bits per heavy atom. The first-order chi connectivity index (χ1) is 12.2. The number of β-amino-alcohol motifs (C(OH)–C–C–N with tert-alkyl or cyclic N) is 1. The Hall–Kier alpha value is -2.05. The summed E-state index contributed by atoms with van der Waals surface area (Å²) in [4.78, 5) is 6.42. The number of benzene rings is 1.